The van der Waals surface area contributed by atoms with E-state index >= 15 is 0 Å². The highest BCUT2D eigenvalue weighted by atomic mass is 15.3. The molecular weight excluding hydrogens is 148 g/mol. The second kappa shape index (κ2) is 3.02. The molecule has 1 heterocycles. The summed E-state index contributed by atoms with van der Waals surface area (Å²) in [5.74, 6) is 2.54. The van der Waals surface area contributed by atoms with Gasteiger partial charge in [0.2, 0.25) is 0 Å². The van der Waals surface area contributed by atoms with Gasteiger partial charge in [-0.15, -0.1) is 6.42 Å². The van der Waals surface area contributed by atoms with Crippen molar-refractivity contribution in [1.29, 1.82) is 0 Å². The van der Waals surface area contributed by atoms with Crippen LogP contribution in [0.2, 0.25) is 0 Å². The zero-order valence-electron chi connectivity index (χ0n) is 7.03. The number of aromatic nitrogens is 2. The molecule has 1 aliphatic rings. The molecule has 0 saturated heterocycles. The van der Waals surface area contributed by atoms with Crippen molar-refractivity contribution >= 4 is 0 Å². The van der Waals surface area contributed by atoms with E-state index in [0.29, 0.717) is 6.04 Å². The highest BCUT2D eigenvalue weighted by molar-refractivity contribution is 5.21. The smallest absolute Gasteiger partial charge is 0.134 e. The quantitative estimate of drug-likeness (QED) is 0.574. The Labute approximate surface area is 72.6 Å². The normalized spacial score (nSPS) is 17.9. The van der Waals surface area contributed by atoms with Crippen LogP contribution < -0.4 is 0 Å². The summed E-state index contributed by atoms with van der Waals surface area (Å²) in [4.78, 5) is 0. The fourth-order valence-corrected chi connectivity index (χ4v) is 1.79. The second-order valence-electron chi connectivity index (χ2n) is 3.26. The van der Waals surface area contributed by atoms with Gasteiger partial charge in [0.1, 0.15) is 5.69 Å². The Balaban J connectivity index is 2.17. The van der Waals surface area contributed by atoms with E-state index in [4.69, 9.17) is 6.42 Å². The van der Waals surface area contributed by atoms with Crippen molar-refractivity contribution < 1.29 is 0 Å². The van der Waals surface area contributed by atoms with Gasteiger partial charge in [-0.2, -0.15) is 5.10 Å². The lowest BCUT2D eigenvalue weighted by molar-refractivity contribution is 0.466. The van der Waals surface area contributed by atoms with E-state index in [2.05, 4.69) is 11.0 Å². The van der Waals surface area contributed by atoms with Crippen molar-refractivity contribution in [2.75, 3.05) is 0 Å². The Morgan fingerprint density at radius 2 is 2.25 bits per heavy atom. The fraction of sp³-hybridized carbons (Fsp3) is 0.500. The van der Waals surface area contributed by atoms with Gasteiger partial charge in [-0.25, -0.2) is 0 Å². The van der Waals surface area contributed by atoms with Crippen LogP contribution in [0.25, 0.3) is 0 Å². The maximum absolute atomic E-state index is 5.24. The predicted octanol–water partition coefficient (Wildman–Crippen LogP) is 1.98. The van der Waals surface area contributed by atoms with E-state index < -0.39 is 0 Å². The number of hydrogen-bond donors (Lipinski definition) is 0. The Hall–Kier alpha value is -1.23. The van der Waals surface area contributed by atoms with E-state index in [0.717, 1.165) is 5.69 Å². The maximum atomic E-state index is 5.24. The Morgan fingerprint density at radius 3 is 2.83 bits per heavy atom. The third-order valence-electron chi connectivity index (χ3n) is 2.46. The molecule has 1 saturated carbocycles. The molecule has 1 aromatic rings. The summed E-state index contributed by atoms with van der Waals surface area (Å²) >= 11 is 0. The summed E-state index contributed by atoms with van der Waals surface area (Å²) < 4.78 is 2.02. The molecule has 1 aliphatic carbocycles. The molecule has 0 unspecified atom stereocenters. The number of terminal acetylenes is 1. The Bertz CT molecular complexity index is 300. The lowest BCUT2D eigenvalue weighted by Gasteiger charge is -2.07. The lowest BCUT2D eigenvalue weighted by atomic mass is 10.3. The van der Waals surface area contributed by atoms with Crippen molar-refractivity contribution in [3.05, 3.63) is 18.0 Å². The van der Waals surface area contributed by atoms with Gasteiger partial charge in [0.25, 0.3) is 0 Å². The van der Waals surface area contributed by atoms with Crippen molar-refractivity contribution in [1.82, 2.24) is 9.78 Å². The average Bonchev–Trinajstić information content (AvgIpc) is 2.75. The van der Waals surface area contributed by atoms with Crippen LogP contribution in [-0.2, 0) is 0 Å². The van der Waals surface area contributed by atoms with Gasteiger partial charge in [-0.3, -0.25) is 4.68 Å². The minimum atomic E-state index is 0.604. The molecule has 2 rings (SSSR count). The molecule has 0 N–H and O–H groups in total. The summed E-state index contributed by atoms with van der Waals surface area (Å²) in [7, 11) is 0. The fourth-order valence-electron chi connectivity index (χ4n) is 1.79. The van der Waals surface area contributed by atoms with Crippen molar-refractivity contribution in [3.63, 3.8) is 0 Å². The monoisotopic (exact) mass is 160 g/mol. The SMILES string of the molecule is C#Cc1ccn(C2CCCC2)n1. The first-order valence-electron chi connectivity index (χ1n) is 4.42. The summed E-state index contributed by atoms with van der Waals surface area (Å²) in [5, 5.41) is 4.29. The summed E-state index contributed by atoms with van der Waals surface area (Å²) in [5.41, 5.74) is 0.752. The van der Waals surface area contributed by atoms with E-state index in [1.807, 2.05) is 16.9 Å². The zero-order chi connectivity index (χ0) is 8.39. The first kappa shape index (κ1) is 7.42. The average molecular weight is 160 g/mol. The molecular formula is C10H12N2. The molecule has 2 heteroatoms. The second-order valence-corrected chi connectivity index (χ2v) is 3.26. The standard InChI is InChI=1S/C10H12N2/c1-2-9-7-8-12(11-9)10-5-3-4-6-10/h1,7-8,10H,3-6H2. The number of hydrogen-bond acceptors (Lipinski definition) is 1. The van der Waals surface area contributed by atoms with Crippen LogP contribution in [0.5, 0.6) is 0 Å². The third-order valence-corrected chi connectivity index (χ3v) is 2.46. The molecule has 0 bridgehead atoms. The van der Waals surface area contributed by atoms with Crippen LogP contribution in [-0.4, -0.2) is 9.78 Å². The van der Waals surface area contributed by atoms with Gasteiger partial charge < -0.3 is 0 Å². The Kier molecular flexibility index (Phi) is 1.87. The molecule has 0 aliphatic heterocycles. The van der Waals surface area contributed by atoms with Crippen LogP contribution in [0.3, 0.4) is 0 Å². The van der Waals surface area contributed by atoms with Crippen molar-refractivity contribution in [3.8, 4) is 12.3 Å². The number of nitrogens with zero attached hydrogens (tertiary/aromatic N) is 2. The molecule has 12 heavy (non-hydrogen) atoms. The van der Waals surface area contributed by atoms with Crippen molar-refractivity contribution in [2.24, 2.45) is 0 Å². The lowest BCUT2D eigenvalue weighted by Crippen LogP contribution is -2.04. The van der Waals surface area contributed by atoms with Gasteiger partial charge in [-0.05, 0) is 24.8 Å². The molecule has 1 fully saturated rings. The van der Waals surface area contributed by atoms with Gasteiger partial charge in [0, 0.05) is 6.20 Å². The van der Waals surface area contributed by atoms with Gasteiger partial charge in [0.05, 0.1) is 6.04 Å². The maximum Gasteiger partial charge on any atom is 0.134 e. The topological polar surface area (TPSA) is 17.8 Å². The van der Waals surface area contributed by atoms with E-state index in [9.17, 15) is 0 Å². The molecule has 62 valence electrons. The summed E-state index contributed by atoms with van der Waals surface area (Å²) in [6.07, 6.45) is 12.4. The molecule has 2 nitrogen and oxygen atoms in total. The van der Waals surface area contributed by atoms with Crippen LogP contribution in [0.1, 0.15) is 37.4 Å². The van der Waals surface area contributed by atoms with Crippen molar-refractivity contribution in [2.45, 2.75) is 31.7 Å². The Morgan fingerprint density at radius 1 is 1.50 bits per heavy atom. The van der Waals surface area contributed by atoms with E-state index in [1.165, 1.54) is 25.7 Å². The highest BCUT2D eigenvalue weighted by Crippen LogP contribution is 2.28. The molecule has 0 aromatic carbocycles. The van der Waals surface area contributed by atoms with Gasteiger partial charge in [0.15, 0.2) is 0 Å². The van der Waals surface area contributed by atoms with Gasteiger partial charge >= 0.3 is 0 Å². The van der Waals surface area contributed by atoms with E-state index in [1.54, 1.807) is 0 Å². The zero-order valence-corrected chi connectivity index (χ0v) is 7.03. The molecule has 0 amide bonds. The predicted molar refractivity (Wildman–Crippen MR) is 47.7 cm³/mol. The summed E-state index contributed by atoms with van der Waals surface area (Å²) in [6, 6.07) is 2.50. The van der Waals surface area contributed by atoms with Crippen LogP contribution >= 0.6 is 0 Å². The minimum Gasteiger partial charge on any atom is -0.268 e. The molecule has 1 aromatic heterocycles. The van der Waals surface area contributed by atoms with Crippen LogP contribution in [0, 0.1) is 12.3 Å². The third kappa shape index (κ3) is 1.23. The molecule has 0 atom stereocenters. The van der Waals surface area contributed by atoms with Gasteiger partial charge in [-0.1, -0.05) is 12.8 Å². The first-order chi connectivity index (χ1) is 5.90. The van der Waals surface area contributed by atoms with Crippen LogP contribution in [0.4, 0.5) is 0 Å². The highest BCUT2D eigenvalue weighted by Gasteiger charge is 2.16. The minimum absolute atomic E-state index is 0.604. The van der Waals surface area contributed by atoms with Crippen LogP contribution in [0.15, 0.2) is 12.3 Å². The molecule has 0 radical (unpaired) electrons. The number of rotatable bonds is 1. The van der Waals surface area contributed by atoms with E-state index in [-0.39, 0.29) is 0 Å². The molecule has 0 spiro atoms. The largest absolute Gasteiger partial charge is 0.268 e. The summed E-state index contributed by atoms with van der Waals surface area (Å²) in [6.45, 7) is 0. The first-order valence-corrected chi connectivity index (χ1v) is 4.42.